The molecule has 3 rings (SSSR count). The van der Waals surface area contributed by atoms with Crippen molar-refractivity contribution in [1.29, 1.82) is 0 Å². The van der Waals surface area contributed by atoms with Gasteiger partial charge in [0.2, 0.25) is 0 Å². The largest absolute Gasteiger partial charge is 0.465 e. The number of ether oxygens (including phenoxy) is 1. The van der Waals surface area contributed by atoms with Crippen molar-refractivity contribution in [1.82, 2.24) is 4.98 Å². The normalized spacial score (nSPS) is 10.1. The first-order valence-electron chi connectivity index (χ1n) is 8.39. The van der Waals surface area contributed by atoms with Crippen molar-refractivity contribution in [3.8, 4) is 0 Å². The maximum atomic E-state index is 12.4. The highest BCUT2D eigenvalue weighted by atomic mass is 16.5. The molecule has 0 spiro atoms. The molecule has 0 atom stereocenters. The smallest absolute Gasteiger partial charge is 0.337 e. The van der Waals surface area contributed by atoms with Crippen LogP contribution in [0.4, 0.5) is 11.4 Å². The second-order valence-electron chi connectivity index (χ2n) is 5.79. The molecule has 0 fully saturated rings. The van der Waals surface area contributed by atoms with E-state index in [0.717, 1.165) is 11.3 Å². The first-order chi connectivity index (χ1) is 13.2. The van der Waals surface area contributed by atoms with Crippen molar-refractivity contribution in [2.24, 2.45) is 0 Å². The summed E-state index contributed by atoms with van der Waals surface area (Å²) in [4.78, 5) is 28.0. The third-order valence-corrected chi connectivity index (χ3v) is 3.90. The van der Waals surface area contributed by atoms with Gasteiger partial charge >= 0.3 is 5.97 Å². The van der Waals surface area contributed by atoms with Gasteiger partial charge in [0, 0.05) is 24.1 Å². The summed E-state index contributed by atoms with van der Waals surface area (Å²) in [7, 11) is 1.32. The number of nitrogens with zero attached hydrogens (tertiary/aromatic N) is 1. The van der Waals surface area contributed by atoms with Gasteiger partial charge in [-0.2, -0.15) is 0 Å². The van der Waals surface area contributed by atoms with Gasteiger partial charge in [-0.1, -0.05) is 30.3 Å². The topological polar surface area (TPSA) is 80.3 Å². The molecule has 2 aromatic carbocycles. The van der Waals surface area contributed by atoms with E-state index in [4.69, 9.17) is 0 Å². The maximum absolute atomic E-state index is 12.4. The molecular formula is C21H19N3O3. The molecule has 6 nitrogen and oxygen atoms in total. The quantitative estimate of drug-likeness (QED) is 0.654. The Hall–Kier alpha value is -3.67. The van der Waals surface area contributed by atoms with Gasteiger partial charge in [0.05, 0.1) is 12.7 Å². The molecule has 0 saturated carbocycles. The maximum Gasteiger partial charge on any atom is 0.337 e. The van der Waals surface area contributed by atoms with Gasteiger partial charge in [0.1, 0.15) is 5.69 Å². The monoisotopic (exact) mass is 361 g/mol. The van der Waals surface area contributed by atoms with E-state index in [1.54, 1.807) is 36.5 Å². The highest BCUT2D eigenvalue weighted by Crippen LogP contribution is 2.14. The lowest BCUT2D eigenvalue weighted by atomic mass is 10.2. The Morgan fingerprint density at radius 3 is 2.41 bits per heavy atom. The molecule has 1 aromatic heterocycles. The van der Waals surface area contributed by atoms with E-state index in [-0.39, 0.29) is 5.91 Å². The number of hydrogen-bond acceptors (Lipinski definition) is 5. The van der Waals surface area contributed by atoms with Gasteiger partial charge in [-0.3, -0.25) is 9.78 Å². The standard InChI is InChI=1S/C21H19N3O3/c1-27-21(26)16-7-9-17(10-8-16)24-20(25)19-13-18(11-12-22-19)23-14-15-5-3-2-4-6-15/h2-13H,14H2,1H3,(H,22,23)(H,24,25). The Kier molecular flexibility index (Phi) is 5.79. The van der Waals surface area contributed by atoms with Crippen LogP contribution in [0.5, 0.6) is 0 Å². The number of amides is 1. The predicted molar refractivity (Wildman–Crippen MR) is 104 cm³/mol. The van der Waals surface area contributed by atoms with Crippen LogP contribution in [0.1, 0.15) is 26.4 Å². The number of anilines is 2. The van der Waals surface area contributed by atoms with E-state index < -0.39 is 5.97 Å². The molecule has 0 radical (unpaired) electrons. The average Bonchev–Trinajstić information content (AvgIpc) is 2.73. The van der Waals surface area contributed by atoms with Crippen LogP contribution in [-0.4, -0.2) is 24.0 Å². The molecule has 0 saturated heterocycles. The highest BCUT2D eigenvalue weighted by Gasteiger charge is 2.10. The second-order valence-corrected chi connectivity index (χ2v) is 5.79. The minimum absolute atomic E-state index is 0.296. The summed E-state index contributed by atoms with van der Waals surface area (Å²) in [6.45, 7) is 0.654. The van der Waals surface area contributed by atoms with Crippen molar-refractivity contribution in [2.45, 2.75) is 6.54 Å². The minimum Gasteiger partial charge on any atom is -0.465 e. The third-order valence-electron chi connectivity index (χ3n) is 3.90. The first kappa shape index (κ1) is 18.1. The number of esters is 1. The highest BCUT2D eigenvalue weighted by molar-refractivity contribution is 6.03. The summed E-state index contributed by atoms with van der Waals surface area (Å²) >= 11 is 0. The van der Waals surface area contributed by atoms with Crippen LogP contribution in [0, 0.1) is 0 Å². The summed E-state index contributed by atoms with van der Waals surface area (Å²) in [5.41, 5.74) is 3.23. The molecule has 0 aliphatic carbocycles. The number of carbonyl (C=O) groups is 2. The van der Waals surface area contributed by atoms with Crippen LogP contribution in [0.25, 0.3) is 0 Å². The number of rotatable bonds is 6. The average molecular weight is 361 g/mol. The number of nitrogens with one attached hydrogen (secondary N) is 2. The second kappa shape index (κ2) is 8.62. The fourth-order valence-electron chi connectivity index (χ4n) is 2.47. The van der Waals surface area contributed by atoms with Gasteiger partial charge in [-0.25, -0.2) is 4.79 Å². The van der Waals surface area contributed by atoms with Gasteiger partial charge in [-0.05, 0) is 42.0 Å². The Balaban J connectivity index is 1.63. The van der Waals surface area contributed by atoms with E-state index >= 15 is 0 Å². The van der Waals surface area contributed by atoms with Crippen LogP contribution < -0.4 is 10.6 Å². The number of benzene rings is 2. The fourth-order valence-corrected chi connectivity index (χ4v) is 2.47. The Morgan fingerprint density at radius 1 is 0.963 bits per heavy atom. The molecule has 0 unspecified atom stereocenters. The van der Waals surface area contributed by atoms with Crippen LogP contribution in [0.2, 0.25) is 0 Å². The van der Waals surface area contributed by atoms with Crippen molar-refractivity contribution in [3.63, 3.8) is 0 Å². The summed E-state index contributed by atoms with van der Waals surface area (Å²) in [5, 5.41) is 6.04. The molecule has 3 aromatic rings. The van der Waals surface area contributed by atoms with Crippen LogP contribution in [0.3, 0.4) is 0 Å². The lowest BCUT2D eigenvalue weighted by molar-refractivity contribution is 0.0600. The van der Waals surface area contributed by atoms with Gasteiger partial charge in [0.25, 0.3) is 5.91 Å². The molecular weight excluding hydrogens is 342 g/mol. The Morgan fingerprint density at radius 2 is 1.70 bits per heavy atom. The summed E-state index contributed by atoms with van der Waals surface area (Å²) in [6, 6.07) is 20.0. The van der Waals surface area contributed by atoms with E-state index in [2.05, 4.69) is 20.4 Å². The molecule has 1 heterocycles. The molecule has 27 heavy (non-hydrogen) atoms. The predicted octanol–water partition coefficient (Wildman–Crippen LogP) is 3.73. The number of methoxy groups -OCH3 is 1. The molecule has 136 valence electrons. The molecule has 0 bridgehead atoms. The summed E-state index contributed by atoms with van der Waals surface area (Å²) < 4.78 is 4.65. The molecule has 1 amide bonds. The van der Waals surface area contributed by atoms with E-state index in [9.17, 15) is 9.59 Å². The molecule has 6 heteroatoms. The minimum atomic E-state index is -0.424. The lowest BCUT2D eigenvalue weighted by Gasteiger charge is -2.09. The van der Waals surface area contributed by atoms with E-state index in [0.29, 0.717) is 23.5 Å². The lowest BCUT2D eigenvalue weighted by Crippen LogP contribution is -2.14. The Bertz CT molecular complexity index is 925. The Labute approximate surface area is 157 Å². The number of hydrogen-bond donors (Lipinski definition) is 2. The molecule has 0 aliphatic rings. The molecule has 0 aliphatic heterocycles. The summed E-state index contributed by atoms with van der Waals surface area (Å²) in [6.07, 6.45) is 1.59. The number of pyridine rings is 1. The zero-order chi connectivity index (χ0) is 19.1. The van der Waals surface area contributed by atoms with Crippen molar-refractivity contribution in [3.05, 3.63) is 89.7 Å². The third kappa shape index (κ3) is 4.92. The fraction of sp³-hybridized carbons (Fsp3) is 0.0952. The number of carbonyl (C=O) groups excluding carboxylic acids is 2. The zero-order valence-electron chi connectivity index (χ0n) is 14.8. The summed E-state index contributed by atoms with van der Waals surface area (Å²) in [5.74, 6) is -0.754. The van der Waals surface area contributed by atoms with Crippen LogP contribution in [0.15, 0.2) is 72.9 Å². The van der Waals surface area contributed by atoms with E-state index in [1.165, 1.54) is 7.11 Å². The zero-order valence-corrected chi connectivity index (χ0v) is 14.8. The van der Waals surface area contributed by atoms with E-state index in [1.807, 2.05) is 36.4 Å². The van der Waals surface area contributed by atoms with Crippen LogP contribution in [-0.2, 0) is 11.3 Å². The first-order valence-corrected chi connectivity index (χ1v) is 8.39. The van der Waals surface area contributed by atoms with Crippen molar-refractivity contribution < 1.29 is 14.3 Å². The van der Waals surface area contributed by atoms with Crippen LogP contribution >= 0.6 is 0 Å². The van der Waals surface area contributed by atoms with Crippen molar-refractivity contribution in [2.75, 3.05) is 17.7 Å². The van der Waals surface area contributed by atoms with Gasteiger partial charge in [0.15, 0.2) is 0 Å². The van der Waals surface area contributed by atoms with Crippen molar-refractivity contribution >= 4 is 23.3 Å². The number of aromatic nitrogens is 1. The SMILES string of the molecule is COC(=O)c1ccc(NC(=O)c2cc(NCc3ccccc3)ccn2)cc1. The molecule has 2 N–H and O–H groups in total. The van der Waals surface area contributed by atoms with Gasteiger partial charge < -0.3 is 15.4 Å². The van der Waals surface area contributed by atoms with Gasteiger partial charge in [-0.15, -0.1) is 0 Å².